The Bertz CT molecular complexity index is 662. The van der Waals surface area contributed by atoms with Crippen LogP contribution in [0.4, 0.5) is 0 Å². The number of piperidine rings is 1. The first-order valence-electron chi connectivity index (χ1n) is 8.29. The molecule has 1 fully saturated rings. The van der Waals surface area contributed by atoms with Crippen LogP contribution in [0.1, 0.15) is 23.8 Å². The summed E-state index contributed by atoms with van der Waals surface area (Å²) in [5.41, 5.74) is -0.486. The predicted octanol–water partition coefficient (Wildman–Crippen LogP) is 2.49. The molecule has 138 valence electrons. The Kier molecular flexibility index (Phi) is 7.22. The molecule has 0 aliphatic carbocycles. The zero-order valence-electron chi connectivity index (χ0n) is 14.3. The third-order valence-corrected chi connectivity index (χ3v) is 5.91. The highest BCUT2D eigenvalue weighted by Crippen LogP contribution is 2.31. The van der Waals surface area contributed by atoms with Crippen molar-refractivity contribution >= 4 is 39.7 Å². The van der Waals surface area contributed by atoms with Gasteiger partial charge in [0.25, 0.3) is 0 Å². The number of hydrogen-bond donors (Lipinski definition) is 3. The molecule has 0 bridgehead atoms. The van der Waals surface area contributed by atoms with E-state index in [0.29, 0.717) is 6.61 Å². The molecule has 1 atom stereocenters. The second kappa shape index (κ2) is 8.96. The van der Waals surface area contributed by atoms with Gasteiger partial charge in [0.1, 0.15) is 6.10 Å². The fourth-order valence-electron chi connectivity index (χ4n) is 3.26. The molecule has 3 N–H and O–H groups in total. The Balaban J connectivity index is 0.00000225. The zero-order chi connectivity index (χ0) is 17.0. The predicted molar refractivity (Wildman–Crippen MR) is 103 cm³/mol. The first-order valence-corrected chi connectivity index (χ1v) is 9.11. The Labute approximate surface area is 158 Å². The molecule has 1 aromatic heterocycles. The van der Waals surface area contributed by atoms with E-state index in [-0.39, 0.29) is 24.9 Å². The lowest BCUT2D eigenvalue weighted by atomic mass is 9.78. The van der Waals surface area contributed by atoms with E-state index < -0.39 is 11.5 Å². The van der Waals surface area contributed by atoms with Crippen molar-refractivity contribution in [3.05, 3.63) is 35.2 Å². The van der Waals surface area contributed by atoms with Crippen LogP contribution in [-0.2, 0) is 9.53 Å². The fraction of sp³-hybridized carbons (Fsp3) is 0.500. The molecule has 1 aliphatic rings. The Morgan fingerprint density at radius 3 is 2.80 bits per heavy atom. The average molecular weight is 385 g/mol. The van der Waals surface area contributed by atoms with Crippen LogP contribution in [0, 0.1) is 5.41 Å². The lowest BCUT2D eigenvalue weighted by molar-refractivity contribution is -0.136. The maximum atomic E-state index is 12.7. The van der Waals surface area contributed by atoms with Gasteiger partial charge in [-0.25, -0.2) is 0 Å². The largest absolute Gasteiger partial charge is 0.386 e. The minimum Gasteiger partial charge on any atom is -0.386 e. The molecule has 7 heteroatoms. The van der Waals surface area contributed by atoms with Gasteiger partial charge in [-0.2, -0.15) is 0 Å². The SMILES string of the molecule is COCC1(C(=O)NCC(O)c2cc3ccccc3s2)CCNCC1.Cl. The number of amides is 1. The standard InChI is InChI=1S/C18H24N2O3S.ClH/c1-23-12-18(6-8-19-9-7-18)17(22)20-11-14(21)16-10-13-4-2-3-5-15(13)24-16;/h2-5,10,14,19,21H,6-9,11-12H2,1H3,(H,20,22);1H. The van der Waals surface area contributed by atoms with Gasteiger partial charge in [0.2, 0.25) is 5.91 Å². The van der Waals surface area contributed by atoms with Crippen LogP contribution in [0.25, 0.3) is 10.1 Å². The summed E-state index contributed by atoms with van der Waals surface area (Å²) in [7, 11) is 1.63. The van der Waals surface area contributed by atoms with Gasteiger partial charge >= 0.3 is 0 Å². The Morgan fingerprint density at radius 2 is 2.12 bits per heavy atom. The number of carbonyl (C=O) groups is 1. The van der Waals surface area contributed by atoms with E-state index in [1.165, 1.54) is 0 Å². The quantitative estimate of drug-likeness (QED) is 0.715. The summed E-state index contributed by atoms with van der Waals surface area (Å²) in [6, 6.07) is 10.0. The Hall–Kier alpha value is -1.18. The number of rotatable bonds is 6. The highest BCUT2D eigenvalue weighted by molar-refractivity contribution is 7.19. The molecular formula is C18H25ClN2O3S. The van der Waals surface area contributed by atoms with Crippen molar-refractivity contribution in [3.63, 3.8) is 0 Å². The van der Waals surface area contributed by atoms with Crippen molar-refractivity contribution in [2.24, 2.45) is 5.41 Å². The minimum atomic E-state index is -0.687. The van der Waals surface area contributed by atoms with E-state index in [2.05, 4.69) is 10.6 Å². The number of carbonyl (C=O) groups excluding carboxylic acids is 1. The average Bonchev–Trinajstić information content (AvgIpc) is 3.04. The van der Waals surface area contributed by atoms with E-state index in [1.807, 2.05) is 30.3 Å². The summed E-state index contributed by atoms with van der Waals surface area (Å²) in [4.78, 5) is 13.6. The van der Waals surface area contributed by atoms with Crippen molar-refractivity contribution in [2.75, 3.05) is 33.4 Å². The molecule has 0 radical (unpaired) electrons. The van der Waals surface area contributed by atoms with Gasteiger partial charge in [0.05, 0.1) is 12.0 Å². The molecule has 2 aromatic rings. The first kappa shape index (κ1) is 20.1. The summed E-state index contributed by atoms with van der Waals surface area (Å²) in [5.74, 6) is -0.0222. The normalized spacial score (nSPS) is 17.7. The number of halogens is 1. The smallest absolute Gasteiger partial charge is 0.228 e. The van der Waals surface area contributed by atoms with E-state index in [0.717, 1.165) is 40.9 Å². The summed E-state index contributed by atoms with van der Waals surface area (Å²) in [6.45, 7) is 2.27. The van der Waals surface area contributed by atoms with Gasteiger partial charge in [-0.3, -0.25) is 4.79 Å². The molecular weight excluding hydrogens is 360 g/mol. The molecule has 1 saturated heterocycles. The van der Waals surface area contributed by atoms with Crippen LogP contribution < -0.4 is 10.6 Å². The molecule has 25 heavy (non-hydrogen) atoms. The molecule has 0 saturated carbocycles. The van der Waals surface area contributed by atoms with Crippen molar-refractivity contribution in [2.45, 2.75) is 18.9 Å². The highest BCUT2D eigenvalue weighted by atomic mass is 35.5. The van der Waals surface area contributed by atoms with Crippen LogP contribution in [0.2, 0.25) is 0 Å². The molecule has 0 spiro atoms. The number of ether oxygens (including phenoxy) is 1. The zero-order valence-corrected chi connectivity index (χ0v) is 15.9. The third-order valence-electron chi connectivity index (χ3n) is 4.69. The number of thiophene rings is 1. The van der Waals surface area contributed by atoms with Crippen LogP contribution in [0.3, 0.4) is 0 Å². The summed E-state index contributed by atoms with van der Waals surface area (Å²) in [5, 5.41) is 17.8. The molecule has 3 rings (SSSR count). The first-order chi connectivity index (χ1) is 11.6. The number of hydrogen-bond acceptors (Lipinski definition) is 5. The molecule has 1 aromatic carbocycles. The third kappa shape index (κ3) is 4.51. The van der Waals surface area contributed by atoms with Crippen molar-refractivity contribution in [1.82, 2.24) is 10.6 Å². The van der Waals surface area contributed by atoms with E-state index in [1.54, 1.807) is 18.4 Å². The maximum absolute atomic E-state index is 12.7. The molecule has 5 nitrogen and oxygen atoms in total. The van der Waals surface area contributed by atoms with E-state index in [9.17, 15) is 9.90 Å². The van der Waals surface area contributed by atoms with Crippen LogP contribution >= 0.6 is 23.7 Å². The maximum Gasteiger partial charge on any atom is 0.228 e. The number of fused-ring (bicyclic) bond motifs is 1. The summed E-state index contributed by atoms with van der Waals surface area (Å²) >= 11 is 1.57. The monoisotopic (exact) mass is 384 g/mol. The second-order valence-corrected chi connectivity index (χ2v) is 7.49. The van der Waals surface area contributed by atoms with Crippen LogP contribution in [0.15, 0.2) is 30.3 Å². The van der Waals surface area contributed by atoms with Crippen LogP contribution in [0.5, 0.6) is 0 Å². The summed E-state index contributed by atoms with van der Waals surface area (Å²) in [6.07, 6.45) is 0.824. The van der Waals surface area contributed by atoms with Gasteiger partial charge in [0, 0.05) is 23.2 Å². The number of methoxy groups -OCH3 is 1. The lowest BCUT2D eigenvalue weighted by Gasteiger charge is -2.35. The van der Waals surface area contributed by atoms with Gasteiger partial charge in [-0.15, -0.1) is 23.7 Å². The van der Waals surface area contributed by atoms with Crippen molar-refractivity contribution in [1.29, 1.82) is 0 Å². The van der Waals surface area contributed by atoms with Gasteiger partial charge in [0.15, 0.2) is 0 Å². The van der Waals surface area contributed by atoms with Gasteiger partial charge in [-0.1, -0.05) is 18.2 Å². The van der Waals surface area contributed by atoms with Crippen molar-refractivity contribution < 1.29 is 14.6 Å². The Morgan fingerprint density at radius 1 is 1.40 bits per heavy atom. The number of aliphatic hydroxyl groups is 1. The minimum absolute atomic E-state index is 0. The second-order valence-electron chi connectivity index (χ2n) is 6.38. The van der Waals surface area contributed by atoms with E-state index >= 15 is 0 Å². The van der Waals surface area contributed by atoms with E-state index in [4.69, 9.17) is 4.74 Å². The van der Waals surface area contributed by atoms with Crippen LogP contribution in [-0.4, -0.2) is 44.4 Å². The highest BCUT2D eigenvalue weighted by Gasteiger charge is 2.39. The summed E-state index contributed by atoms with van der Waals surface area (Å²) < 4.78 is 6.43. The lowest BCUT2D eigenvalue weighted by Crippen LogP contribution is -2.50. The number of aliphatic hydroxyl groups excluding tert-OH is 1. The molecule has 2 heterocycles. The number of benzene rings is 1. The van der Waals surface area contributed by atoms with Gasteiger partial charge < -0.3 is 20.5 Å². The molecule has 1 amide bonds. The number of nitrogens with one attached hydrogen (secondary N) is 2. The van der Waals surface area contributed by atoms with Crippen molar-refractivity contribution in [3.8, 4) is 0 Å². The molecule has 1 unspecified atom stereocenters. The molecule has 1 aliphatic heterocycles. The van der Waals surface area contributed by atoms with Gasteiger partial charge in [-0.05, 0) is 43.5 Å². The fourth-order valence-corrected chi connectivity index (χ4v) is 4.31. The topological polar surface area (TPSA) is 70.6 Å².